The van der Waals surface area contributed by atoms with Crippen molar-refractivity contribution in [3.05, 3.63) is 53.1 Å². The fraction of sp³-hybridized carbons (Fsp3) is 0.176. The molecule has 0 spiro atoms. The number of hydrogen-bond acceptors (Lipinski definition) is 3. The van der Waals surface area contributed by atoms with Crippen LogP contribution in [-0.4, -0.2) is 17.7 Å². The van der Waals surface area contributed by atoms with E-state index in [1.807, 2.05) is 30.3 Å². The van der Waals surface area contributed by atoms with Gasteiger partial charge in [0.25, 0.3) is 0 Å². The topological polar surface area (TPSA) is 70.3 Å². The first-order valence-corrected chi connectivity index (χ1v) is 6.68. The van der Waals surface area contributed by atoms with Crippen LogP contribution in [0.25, 0.3) is 11.1 Å². The van der Waals surface area contributed by atoms with Gasteiger partial charge in [-0.15, -0.1) is 0 Å². The minimum atomic E-state index is -0.976. The molecule has 1 heterocycles. The minimum absolute atomic E-state index is 0.209. The normalized spacial score (nSPS) is 12.3. The van der Waals surface area contributed by atoms with Crippen molar-refractivity contribution in [1.29, 1.82) is 5.26 Å². The van der Waals surface area contributed by atoms with Gasteiger partial charge in [-0.3, -0.25) is 0 Å². The Hall–Kier alpha value is -2.80. The van der Waals surface area contributed by atoms with E-state index in [9.17, 15) is 9.90 Å². The monoisotopic (exact) mass is 279 g/mol. The quantitative estimate of drug-likeness (QED) is 0.937. The zero-order chi connectivity index (χ0) is 14.8. The second-order valence-corrected chi connectivity index (χ2v) is 4.95. The number of benzene rings is 2. The number of hydrogen-bond donors (Lipinski definition) is 1. The van der Waals surface area contributed by atoms with E-state index in [0.717, 1.165) is 28.7 Å². The molecule has 1 N–H and O–H groups in total. The third-order valence-corrected chi connectivity index (χ3v) is 3.58. The fourth-order valence-electron chi connectivity index (χ4n) is 2.54. The predicted molar refractivity (Wildman–Crippen MR) is 77.4 cm³/mol. The molecule has 2 aromatic rings. The van der Waals surface area contributed by atoms with Crippen molar-refractivity contribution in [3.8, 4) is 22.9 Å². The number of nitriles is 1. The van der Waals surface area contributed by atoms with E-state index in [1.165, 1.54) is 0 Å². The van der Waals surface area contributed by atoms with E-state index >= 15 is 0 Å². The molecule has 0 amide bonds. The molecule has 21 heavy (non-hydrogen) atoms. The third kappa shape index (κ3) is 2.46. The fourth-order valence-corrected chi connectivity index (χ4v) is 2.54. The highest BCUT2D eigenvalue weighted by atomic mass is 16.5. The van der Waals surface area contributed by atoms with Gasteiger partial charge in [-0.2, -0.15) is 5.26 Å². The number of carboxylic acid groups (broad SMARTS) is 1. The second-order valence-electron chi connectivity index (χ2n) is 4.95. The summed E-state index contributed by atoms with van der Waals surface area (Å²) in [5, 5.41) is 18.0. The van der Waals surface area contributed by atoms with E-state index in [4.69, 9.17) is 10.00 Å². The molecule has 0 bridgehead atoms. The van der Waals surface area contributed by atoms with Crippen LogP contribution in [-0.2, 0) is 12.8 Å². The lowest BCUT2D eigenvalue weighted by Gasteiger charge is -2.09. The van der Waals surface area contributed by atoms with Crippen molar-refractivity contribution in [3.63, 3.8) is 0 Å². The molecule has 0 aromatic heterocycles. The van der Waals surface area contributed by atoms with E-state index in [0.29, 0.717) is 18.8 Å². The Kier molecular flexibility index (Phi) is 3.33. The SMILES string of the molecule is N#CCc1ccc(-c2cc3c(c(C(=O)O)c2)OCC3)cc1. The van der Waals surface area contributed by atoms with E-state index < -0.39 is 5.97 Å². The Labute approximate surface area is 122 Å². The number of rotatable bonds is 3. The summed E-state index contributed by atoms with van der Waals surface area (Å²) in [5.74, 6) is -0.483. The molecule has 0 aliphatic carbocycles. The van der Waals surface area contributed by atoms with Crippen LogP contribution in [0, 0.1) is 11.3 Å². The maximum Gasteiger partial charge on any atom is 0.339 e. The standard InChI is InChI=1S/C17H13NO3/c18-7-5-11-1-3-12(4-2-11)14-9-13-6-8-21-16(13)15(10-14)17(19)20/h1-4,9-10H,5-6,8H2,(H,19,20). The summed E-state index contributed by atoms with van der Waals surface area (Å²) in [5.41, 5.74) is 3.89. The summed E-state index contributed by atoms with van der Waals surface area (Å²) in [7, 11) is 0. The highest BCUT2D eigenvalue weighted by Crippen LogP contribution is 2.34. The average Bonchev–Trinajstić information content (AvgIpc) is 2.95. The van der Waals surface area contributed by atoms with Gasteiger partial charge in [0.05, 0.1) is 19.1 Å². The molecule has 0 saturated heterocycles. The summed E-state index contributed by atoms with van der Waals surface area (Å²) in [4.78, 5) is 11.4. The number of aromatic carboxylic acids is 1. The summed E-state index contributed by atoms with van der Waals surface area (Å²) in [6.45, 7) is 0.528. The highest BCUT2D eigenvalue weighted by molar-refractivity contribution is 5.93. The summed E-state index contributed by atoms with van der Waals surface area (Å²) in [6.07, 6.45) is 1.11. The van der Waals surface area contributed by atoms with Gasteiger partial charge < -0.3 is 9.84 Å². The molecule has 1 aliphatic heterocycles. The Morgan fingerprint density at radius 1 is 1.24 bits per heavy atom. The van der Waals surface area contributed by atoms with Gasteiger partial charge in [0, 0.05) is 6.42 Å². The molecule has 1 aliphatic rings. The first kappa shape index (κ1) is 13.2. The summed E-state index contributed by atoms with van der Waals surface area (Å²) in [6, 6.07) is 13.3. The van der Waals surface area contributed by atoms with Crippen LogP contribution in [0.3, 0.4) is 0 Å². The summed E-state index contributed by atoms with van der Waals surface area (Å²) >= 11 is 0. The van der Waals surface area contributed by atoms with E-state index in [2.05, 4.69) is 6.07 Å². The maximum atomic E-state index is 11.4. The lowest BCUT2D eigenvalue weighted by molar-refractivity contribution is 0.0693. The van der Waals surface area contributed by atoms with Gasteiger partial charge in [0.15, 0.2) is 0 Å². The minimum Gasteiger partial charge on any atom is -0.492 e. The second kappa shape index (κ2) is 5.29. The zero-order valence-corrected chi connectivity index (χ0v) is 11.3. The number of carbonyl (C=O) groups is 1. The van der Waals surface area contributed by atoms with Crippen molar-refractivity contribution in [2.75, 3.05) is 6.61 Å². The number of nitrogens with zero attached hydrogens (tertiary/aromatic N) is 1. The highest BCUT2D eigenvalue weighted by Gasteiger charge is 2.22. The van der Waals surface area contributed by atoms with Crippen LogP contribution in [0.5, 0.6) is 5.75 Å². The van der Waals surface area contributed by atoms with Crippen LogP contribution >= 0.6 is 0 Å². The molecule has 0 fully saturated rings. The van der Waals surface area contributed by atoms with E-state index in [-0.39, 0.29) is 5.56 Å². The molecule has 0 unspecified atom stereocenters. The van der Waals surface area contributed by atoms with Crippen LogP contribution in [0.4, 0.5) is 0 Å². The third-order valence-electron chi connectivity index (χ3n) is 3.58. The van der Waals surface area contributed by atoms with Gasteiger partial charge in [0.1, 0.15) is 11.3 Å². The largest absolute Gasteiger partial charge is 0.492 e. The van der Waals surface area contributed by atoms with Crippen LogP contribution in [0.15, 0.2) is 36.4 Å². The molecule has 104 valence electrons. The van der Waals surface area contributed by atoms with Gasteiger partial charge in [-0.05, 0) is 34.4 Å². The maximum absolute atomic E-state index is 11.4. The molecule has 2 aromatic carbocycles. The van der Waals surface area contributed by atoms with Crippen LogP contribution in [0.1, 0.15) is 21.5 Å². The smallest absolute Gasteiger partial charge is 0.339 e. The Morgan fingerprint density at radius 2 is 2.00 bits per heavy atom. The number of carboxylic acids is 1. The molecular weight excluding hydrogens is 266 g/mol. The van der Waals surface area contributed by atoms with Gasteiger partial charge in [-0.1, -0.05) is 24.3 Å². The first-order valence-electron chi connectivity index (χ1n) is 6.68. The Balaban J connectivity index is 2.05. The zero-order valence-electron chi connectivity index (χ0n) is 11.3. The molecular formula is C17H13NO3. The van der Waals surface area contributed by atoms with Crippen molar-refractivity contribution in [2.45, 2.75) is 12.8 Å². The molecule has 0 saturated carbocycles. The molecule has 4 nitrogen and oxygen atoms in total. The number of ether oxygens (including phenoxy) is 1. The lowest BCUT2D eigenvalue weighted by atomic mass is 9.97. The van der Waals surface area contributed by atoms with Crippen molar-refractivity contribution >= 4 is 5.97 Å². The molecule has 3 rings (SSSR count). The summed E-state index contributed by atoms with van der Waals surface area (Å²) < 4.78 is 5.42. The van der Waals surface area contributed by atoms with Crippen molar-refractivity contribution in [2.24, 2.45) is 0 Å². The lowest BCUT2D eigenvalue weighted by Crippen LogP contribution is -2.00. The average molecular weight is 279 g/mol. The van der Waals surface area contributed by atoms with Crippen LogP contribution in [0.2, 0.25) is 0 Å². The Morgan fingerprint density at radius 3 is 2.67 bits per heavy atom. The molecule has 4 heteroatoms. The number of fused-ring (bicyclic) bond motifs is 1. The Bertz CT molecular complexity index is 742. The van der Waals surface area contributed by atoms with Crippen molar-refractivity contribution in [1.82, 2.24) is 0 Å². The molecule has 0 radical (unpaired) electrons. The first-order chi connectivity index (χ1) is 10.2. The van der Waals surface area contributed by atoms with Crippen LogP contribution < -0.4 is 4.74 Å². The van der Waals surface area contributed by atoms with Gasteiger partial charge in [-0.25, -0.2) is 4.79 Å². The predicted octanol–water partition coefficient (Wildman–Crippen LogP) is 3.05. The van der Waals surface area contributed by atoms with Gasteiger partial charge in [0.2, 0.25) is 0 Å². The van der Waals surface area contributed by atoms with Crippen molar-refractivity contribution < 1.29 is 14.6 Å². The van der Waals surface area contributed by atoms with E-state index in [1.54, 1.807) is 6.07 Å². The molecule has 0 atom stereocenters. The van der Waals surface area contributed by atoms with Gasteiger partial charge >= 0.3 is 5.97 Å².